The molecule has 0 radical (unpaired) electrons. The zero-order valence-electron chi connectivity index (χ0n) is 7.42. The normalized spacial score (nSPS) is 9.08. The predicted octanol–water partition coefficient (Wildman–Crippen LogP) is -2.23. The van der Waals surface area contributed by atoms with Crippen molar-refractivity contribution < 1.29 is 14.4 Å². The summed E-state index contributed by atoms with van der Waals surface area (Å²) < 4.78 is 0. The zero-order chi connectivity index (χ0) is 10.3. The minimum absolute atomic E-state index is 0.0884. The molecular formula is C7H13N3O3. The van der Waals surface area contributed by atoms with Crippen molar-refractivity contribution in [2.75, 3.05) is 19.6 Å². The lowest BCUT2D eigenvalue weighted by molar-refractivity contribution is -0.126. The number of hydrogen-bond acceptors (Lipinski definition) is 4. The summed E-state index contributed by atoms with van der Waals surface area (Å²) >= 11 is 0. The first-order chi connectivity index (χ1) is 6.06. The number of carbonyl (C=O) groups is 3. The molecule has 0 atom stereocenters. The Labute approximate surface area is 75.9 Å². The molecule has 0 bridgehead atoms. The third-order valence-corrected chi connectivity index (χ3v) is 1.21. The van der Waals surface area contributed by atoms with Gasteiger partial charge in [0, 0.05) is 6.92 Å². The molecule has 0 fully saturated rings. The summed E-state index contributed by atoms with van der Waals surface area (Å²) in [5, 5.41) is 4.60. The van der Waals surface area contributed by atoms with Gasteiger partial charge in [0.1, 0.15) is 0 Å². The summed E-state index contributed by atoms with van der Waals surface area (Å²) in [5.74, 6) is -0.950. The molecule has 13 heavy (non-hydrogen) atoms. The van der Waals surface area contributed by atoms with Crippen LogP contribution in [0.5, 0.6) is 0 Å². The number of nitrogens with one attached hydrogen (secondary N) is 2. The Hall–Kier alpha value is -1.43. The van der Waals surface area contributed by atoms with Crippen LogP contribution < -0.4 is 16.4 Å². The second kappa shape index (κ2) is 6.13. The van der Waals surface area contributed by atoms with Gasteiger partial charge in [-0.25, -0.2) is 0 Å². The Morgan fingerprint density at radius 3 is 2.23 bits per heavy atom. The van der Waals surface area contributed by atoms with Gasteiger partial charge in [-0.2, -0.15) is 0 Å². The number of Topliss-reactive ketones (excluding diaryl/α,β-unsaturated/α-hetero) is 1. The molecule has 74 valence electrons. The van der Waals surface area contributed by atoms with Crippen LogP contribution in [-0.2, 0) is 14.4 Å². The average Bonchev–Trinajstić information content (AvgIpc) is 2.10. The highest BCUT2D eigenvalue weighted by Crippen LogP contribution is 1.68. The predicted molar refractivity (Wildman–Crippen MR) is 45.8 cm³/mol. The number of carbonyl (C=O) groups excluding carboxylic acids is 3. The summed E-state index contributed by atoms with van der Waals surface area (Å²) in [4.78, 5) is 31.8. The summed E-state index contributed by atoms with van der Waals surface area (Å²) in [6.07, 6.45) is 0. The number of ketones is 1. The van der Waals surface area contributed by atoms with E-state index in [2.05, 4.69) is 10.6 Å². The topological polar surface area (TPSA) is 101 Å². The molecule has 0 aliphatic carbocycles. The average molecular weight is 187 g/mol. The van der Waals surface area contributed by atoms with Crippen LogP contribution in [0.25, 0.3) is 0 Å². The van der Waals surface area contributed by atoms with E-state index in [1.165, 1.54) is 6.92 Å². The third-order valence-electron chi connectivity index (χ3n) is 1.21. The van der Waals surface area contributed by atoms with Gasteiger partial charge in [0.15, 0.2) is 5.78 Å². The second-order valence-corrected chi connectivity index (χ2v) is 2.43. The molecule has 0 spiro atoms. The molecule has 2 amide bonds. The van der Waals surface area contributed by atoms with Crippen LogP contribution >= 0.6 is 0 Å². The molecule has 0 aromatic rings. The smallest absolute Gasteiger partial charge is 0.239 e. The fraction of sp³-hybridized carbons (Fsp3) is 0.571. The molecule has 0 aromatic heterocycles. The van der Waals surface area contributed by atoms with Crippen molar-refractivity contribution in [3.8, 4) is 0 Å². The van der Waals surface area contributed by atoms with Crippen LogP contribution in [0.3, 0.4) is 0 Å². The van der Waals surface area contributed by atoms with Gasteiger partial charge in [0.2, 0.25) is 11.8 Å². The molecule has 0 aliphatic heterocycles. The first kappa shape index (κ1) is 11.6. The maximum absolute atomic E-state index is 10.8. The molecular weight excluding hydrogens is 174 g/mol. The molecule has 0 unspecified atom stereocenters. The van der Waals surface area contributed by atoms with Crippen molar-refractivity contribution in [3.63, 3.8) is 0 Å². The Morgan fingerprint density at radius 1 is 1.15 bits per heavy atom. The van der Waals surface area contributed by atoms with E-state index < -0.39 is 5.91 Å². The van der Waals surface area contributed by atoms with Crippen molar-refractivity contribution in [2.45, 2.75) is 6.92 Å². The third kappa shape index (κ3) is 6.95. The first-order valence-corrected chi connectivity index (χ1v) is 3.79. The van der Waals surface area contributed by atoms with Crippen molar-refractivity contribution in [2.24, 2.45) is 5.73 Å². The molecule has 0 aromatic carbocycles. The Bertz CT molecular complexity index is 215. The summed E-state index contributed by atoms with van der Waals surface area (Å²) in [6, 6.07) is 0. The van der Waals surface area contributed by atoms with E-state index in [4.69, 9.17) is 5.73 Å². The maximum atomic E-state index is 10.8. The van der Waals surface area contributed by atoms with Crippen LogP contribution in [-0.4, -0.2) is 37.2 Å². The molecule has 0 aliphatic rings. The van der Waals surface area contributed by atoms with Crippen molar-refractivity contribution in [3.05, 3.63) is 0 Å². The summed E-state index contributed by atoms with van der Waals surface area (Å²) in [5.41, 5.74) is 5.01. The standard InChI is InChI=1S/C7H13N3O3/c1-5(11)9-4-7(13)10-3-6(12)2-8/h2-4,8H2,1H3,(H,9,11)(H,10,13). The van der Waals surface area contributed by atoms with Gasteiger partial charge >= 0.3 is 0 Å². The first-order valence-electron chi connectivity index (χ1n) is 3.79. The van der Waals surface area contributed by atoms with Gasteiger partial charge in [-0.3, -0.25) is 14.4 Å². The van der Waals surface area contributed by atoms with Crippen molar-refractivity contribution >= 4 is 17.6 Å². The fourth-order valence-electron chi connectivity index (χ4n) is 0.537. The van der Waals surface area contributed by atoms with E-state index in [1.807, 2.05) is 0 Å². The number of amides is 2. The quantitative estimate of drug-likeness (QED) is 0.453. The van der Waals surface area contributed by atoms with E-state index >= 15 is 0 Å². The fourth-order valence-corrected chi connectivity index (χ4v) is 0.537. The largest absolute Gasteiger partial charge is 0.347 e. The number of nitrogens with two attached hydrogens (primary N) is 1. The van der Waals surface area contributed by atoms with Gasteiger partial charge in [-0.15, -0.1) is 0 Å². The van der Waals surface area contributed by atoms with Gasteiger partial charge in [-0.05, 0) is 0 Å². The van der Waals surface area contributed by atoms with Gasteiger partial charge in [0.05, 0.1) is 19.6 Å². The van der Waals surface area contributed by atoms with E-state index in [0.29, 0.717) is 0 Å². The second-order valence-electron chi connectivity index (χ2n) is 2.43. The molecule has 4 N–H and O–H groups in total. The van der Waals surface area contributed by atoms with Crippen LogP contribution in [0, 0.1) is 0 Å². The van der Waals surface area contributed by atoms with Gasteiger partial charge < -0.3 is 16.4 Å². The van der Waals surface area contributed by atoms with Gasteiger partial charge in [0.25, 0.3) is 0 Å². The van der Waals surface area contributed by atoms with Crippen molar-refractivity contribution in [1.82, 2.24) is 10.6 Å². The van der Waals surface area contributed by atoms with Crippen LogP contribution in [0.1, 0.15) is 6.92 Å². The number of rotatable bonds is 5. The lowest BCUT2D eigenvalue weighted by Crippen LogP contribution is -2.39. The Kier molecular flexibility index (Phi) is 5.45. The van der Waals surface area contributed by atoms with E-state index in [1.54, 1.807) is 0 Å². The van der Waals surface area contributed by atoms with Crippen LogP contribution in [0.2, 0.25) is 0 Å². The lowest BCUT2D eigenvalue weighted by atomic mass is 10.4. The van der Waals surface area contributed by atoms with Gasteiger partial charge in [-0.1, -0.05) is 0 Å². The van der Waals surface area contributed by atoms with E-state index in [9.17, 15) is 14.4 Å². The van der Waals surface area contributed by atoms with E-state index in [0.717, 1.165) is 0 Å². The zero-order valence-corrected chi connectivity index (χ0v) is 7.42. The lowest BCUT2D eigenvalue weighted by Gasteiger charge is -2.03. The minimum atomic E-state index is -0.406. The molecule has 6 nitrogen and oxygen atoms in total. The molecule has 6 heteroatoms. The van der Waals surface area contributed by atoms with Crippen LogP contribution in [0.15, 0.2) is 0 Å². The summed E-state index contributed by atoms with van der Waals surface area (Å²) in [7, 11) is 0. The highest BCUT2D eigenvalue weighted by atomic mass is 16.2. The molecule has 0 saturated carbocycles. The maximum Gasteiger partial charge on any atom is 0.239 e. The highest BCUT2D eigenvalue weighted by molar-refractivity contribution is 5.89. The van der Waals surface area contributed by atoms with Crippen LogP contribution in [0.4, 0.5) is 0 Å². The molecule has 0 rings (SSSR count). The van der Waals surface area contributed by atoms with Crippen molar-refractivity contribution in [1.29, 1.82) is 0 Å². The SMILES string of the molecule is CC(=O)NCC(=O)NCC(=O)CN. The minimum Gasteiger partial charge on any atom is -0.347 e. The highest BCUT2D eigenvalue weighted by Gasteiger charge is 2.03. The number of hydrogen-bond donors (Lipinski definition) is 3. The Balaban J connectivity index is 3.52. The molecule has 0 heterocycles. The molecule has 0 saturated heterocycles. The van der Waals surface area contributed by atoms with E-state index in [-0.39, 0.29) is 31.3 Å². The summed E-state index contributed by atoms with van der Waals surface area (Å²) in [6.45, 7) is 1.00. The Morgan fingerprint density at radius 2 is 1.77 bits per heavy atom. The monoisotopic (exact) mass is 187 g/mol.